The second-order valence-corrected chi connectivity index (χ2v) is 12.4. The van der Waals surface area contributed by atoms with E-state index in [0.717, 1.165) is 58.6 Å². The van der Waals surface area contributed by atoms with Crippen molar-refractivity contribution in [2.24, 2.45) is 11.8 Å². The van der Waals surface area contributed by atoms with Gasteiger partial charge in [0.1, 0.15) is 12.1 Å². The number of benzene rings is 3. The van der Waals surface area contributed by atoms with Crippen molar-refractivity contribution in [1.82, 2.24) is 10.6 Å². The molecule has 4 N–H and O–H groups in total. The standard InChI is InChI=1S/C34H46N4O4S2/c1-7-9-18-41-31(39)28(21(3)4)36-33(43)35-27-17-13-16-25-26(27)20-23-14-11-12-15-24(23)30(25)38-34(44)37-29(22(5)6)32(40)42-19-10-8-2/h11-17,20-22,28-29H,7-10,18-19H2,1-6H3,(H2,35,36,43)(H2,37,38,44). The topological polar surface area (TPSA) is 101 Å². The molecule has 10 heteroatoms. The fraction of sp³-hybridized carbons (Fsp3) is 0.471. The van der Waals surface area contributed by atoms with Gasteiger partial charge in [-0.1, -0.05) is 90.8 Å². The van der Waals surface area contributed by atoms with E-state index in [2.05, 4.69) is 41.2 Å². The molecule has 0 radical (unpaired) electrons. The molecule has 0 saturated heterocycles. The second-order valence-electron chi connectivity index (χ2n) is 11.6. The van der Waals surface area contributed by atoms with Crippen LogP contribution in [0.1, 0.15) is 67.2 Å². The zero-order chi connectivity index (χ0) is 32.2. The van der Waals surface area contributed by atoms with Crippen LogP contribution in [0.5, 0.6) is 0 Å². The van der Waals surface area contributed by atoms with Crippen LogP contribution >= 0.6 is 24.4 Å². The Kier molecular flexibility index (Phi) is 13.6. The molecule has 3 aromatic rings. The molecule has 3 rings (SSSR count). The summed E-state index contributed by atoms with van der Waals surface area (Å²) in [6.07, 6.45) is 3.53. The molecular formula is C34H46N4O4S2. The van der Waals surface area contributed by atoms with E-state index in [9.17, 15) is 9.59 Å². The molecule has 0 amide bonds. The number of nitrogens with one attached hydrogen (secondary N) is 4. The van der Waals surface area contributed by atoms with Crippen molar-refractivity contribution >= 4 is 79.5 Å². The van der Waals surface area contributed by atoms with Crippen LogP contribution in [0.25, 0.3) is 21.5 Å². The molecule has 0 aliphatic carbocycles. The molecule has 0 heterocycles. The smallest absolute Gasteiger partial charge is 0.328 e. The minimum atomic E-state index is -0.587. The molecule has 3 aromatic carbocycles. The summed E-state index contributed by atoms with van der Waals surface area (Å²) in [5.41, 5.74) is 1.58. The Hall–Kier alpha value is -3.50. The first-order valence-electron chi connectivity index (χ1n) is 15.5. The maximum atomic E-state index is 12.8. The number of thiocarbonyl (C=S) groups is 2. The van der Waals surface area contributed by atoms with Crippen LogP contribution in [0, 0.1) is 11.8 Å². The lowest BCUT2D eigenvalue weighted by Crippen LogP contribution is -2.47. The number of esters is 2. The van der Waals surface area contributed by atoms with Crippen LogP contribution in [-0.2, 0) is 19.1 Å². The normalized spacial score (nSPS) is 12.5. The summed E-state index contributed by atoms with van der Waals surface area (Å²) in [7, 11) is 0. The van der Waals surface area contributed by atoms with Crippen LogP contribution in [0.3, 0.4) is 0 Å². The van der Waals surface area contributed by atoms with Crippen LogP contribution in [0.4, 0.5) is 11.4 Å². The van der Waals surface area contributed by atoms with Crippen LogP contribution < -0.4 is 21.3 Å². The first-order valence-corrected chi connectivity index (χ1v) is 16.3. The monoisotopic (exact) mass is 638 g/mol. The molecule has 0 saturated carbocycles. The van der Waals surface area contributed by atoms with Gasteiger partial charge in [-0.3, -0.25) is 0 Å². The molecule has 8 nitrogen and oxygen atoms in total. The lowest BCUT2D eigenvalue weighted by molar-refractivity contribution is -0.147. The number of hydrogen-bond donors (Lipinski definition) is 4. The molecule has 2 atom stereocenters. The Morgan fingerprint density at radius 1 is 0.705 bits per heavy atom. The predicted molar refractivity (Wildman–Crippen MR) is 189 cm³/mol. The van der Waals surface area contributed by atoms with E-state index >= 15 is 0 Å². The molecule has 0 aliphatic rings. The van der Waals surface area contributed by atoms with Crippen molar-refractivity contribution in [1.29, 1.82) is 0 Å². The van der Waals surface area contributed by atoms with Gasteiger partial charge in [-0.25, -0.2) is 9.59 Å². The lowest BCUT2D eigenvalue weighted by atomic mass is 9.99. The molecule has 238 valence electrons. The highest BCUT2D eigenvalue weighted by molar-refractivity contribution is 7.80. The van der Waals surface area contributed by atoms with Gasteiger partial charge in [-0.2, -0.15) is 0 Å². The Bertz CT molecular complexity index is 1460. The van der Waals surface area contributed by atoms with Crippen molar-refractivity contribution in [3.05, 3.63) is 48.5 Å². The number of carbonyl (C=O) groups is 2. The zero-order valence-electron chi connectivity index (χ0n) is 26.6. The summed E-state index contributed by atoms with van der Waals surface area (Å²) in [5, 5.41) is 17.5. The van der Waals surface area contributed by atoms with Gasteiger partial charge in [0.2, 0.25) is 0 Å². The van der Waals surface area contributed by atoms with Gasteiger partial charge in [-0.15, -0.1) is 0 Å². The van der Waals surface area contributed by atoms with E-state index in [1.54, 1.807) is 0 Å². The minimum Gasteiger partial charge on any atom is -0.464 e. The first-order chi connectivity index (χ1) is 21.1. The number of unbranched alkanes of at least 4 members (excludes halogenated alkanes) is 2. The quantitative estimate of drug-likeness (QED) is 0.0623. The van der Waals surface area contributed by atoms with Crippen LogP contribution in [0.15, 0.2) is 48.5 Å². The average Bonchev–Trinajstić information content (AvgIpc) is 2.98. The largest absolute Gasteiger partial charge is 0.464 e. The van der Waals surface area contributed by atoms with E-state index < -0.39 is 12.1 Å². The molecule has 2 unspecified atom stereocenters. The van der Waals surface area contributed by atoms with Crippen molar-refractivity contribution in [2.75, 3.05) is 23.8 Å². The van der Waals surface area contributed by atoms with Crippen LogP contribution in [-0.4, -0.2) is 47.5 Å². The van der Waals surface area contributed by atoms with Crippen molar-refractivity contribution in [3.63, 3.8) is 0 Å². The Morgan fingerprint density at radius 3 is 1.77 bits per heavy atom. The highest BCUT2D eigenvalue weighted by Gasteiger charge is 2.26. The minimum absolute atomic E-state index is 0.0248. The van der Waals surface area contributed by atoms with Gasteiger partial charge >= 0.3 is 11.9 Å². The molecule has 44 heavy (non-hydrogen) atoms. The SMILES string of the molecule is CCCCOC(=O)C(NC(=S)Nc1cccc2c(NC(=S)NC(C(=O)OCCCC)C(C)C)c3ccccc3cc12)C(C)C. The fourth-order valence-corrected chi connectivity index (χ4v) is 5.20. The van der Waals surface area contributed by atoms with E-state index in [4.69, 9.17) is 33.9 Å². The Morgan fingerprint density at radius 2 is 1.23 bits per heavy atom. The summed E-state index contributed by atoms with van der Waals surface area (Å²) in [4.78, 5) is 25.6. The van der Waals surface area contributed by atoms with Crippen molar-refractivity contribution < 1.29 is 19.1 Å². The molecule has 0 spiro atoms. The van der Waals surface area contributed by atoms with Crippen molar-refractivity contribution in [2.45, 2.75) is 79.3 Å². The average molecular weight is 639 g/mol. The zero-order valence-corrected chi connectivity index (χ0v) is 28.3. The van der Waals surface area contributed by atoms with Gasteiger partial charge in [0, 0.05) is 21.8 Å². The van der Waals surface area contributed by atoms with Gasteiger partial charge in [0.05, 0.1) is 18.9 Å². The third kappa shape index (κ3) is 9.50. The molecule has 0 bridgehead atoms. The van der Waals surface area contributed by atoms with E-state index in [1.165, 1.54) is 0 Å². The first kappa shape index (κ1) is 35.0. The van der Waals surface area contributed by atoms with E-state index in [-0.39, 0.29) is 23.8 Å². The maximum Gasteiger partial charge on any atom is 0.328 e. The fourth-order valence-electron chi connectivity index (χ4n) is 4.73. The summed E-state index contributed by atoms with van der Waals surface area (Å²) in [6, 6.07) is 14.8. The Labute approximate surface area is 272 Å². The molecule has 0 fully saturated rings. The van der Waals surface area contributed by atoms with Gasteiger partial charge in [-0.05, 0) is 66.6 Å². The second kappa shape index (κ2) is 17.1. The number of ether oxygens (including phenoxy) is 2. The Balaban J connectivity index is 1.89. The summed E-state index contributed by atoms with van der Waals surface area (Å²) in [6.45, 7) is 12.7. The van der Waals surface area contributed by atoms with Crippen molar-refractivity contribution in [3.8, 4) is 0 Å². The number of carbonyl (C=O) groups excluding carboxylic acids is 2. The number of hydrogen-bond acceptors (Lipinski definition) is 6. The summed E-state index contributed by atoms with van der Waals surface area (Å²) in [5.74, 6) is -0.691. The third-order valence-electron chi connectivity index (χ3n) is 7.29. The third-order valence-corrected chi connectivity index (χ3v) is 7.73. The summed E-state index contributed by atoms with van der Waals surface area (Å²) < 4.78 is 11.0. The summed E-state index contributed by atoms with van der Waals surface area (Å²) >= 11 is 11.4. The number of rotatable bonds is 14. The molecular weight excluding hydrogens is 593 g/mol. The predicted octanol–water partition coefficient (Wildman–Crippen LogP) is 7.30. The molecule has 0 aliphatic heterocycles. The molecule has 0 aromatic heterocycles. The van der Waals surface area contributed by atoms with E-state index in [0.29, 0.717) is 23.4 Å². The lowest BCUT2D eigenvalue weighted by Gasteiger charge is -2.24. The van der Waals surface area contributed by atoms with Gasteiger partial charge in [0.15, 0.2) is 10.2 Å². The van der Waals surface area contributed by atoms with Gasteiger partial charge in [0.25, 0.3) is 0 Å². The number of anilines is 2. The number of fused-ring (bicyclic) bond motifs is 2. The van der Waals surface area contributed by atoms with Crippen LogP contribution in [0.2, 0.25) is 0 Å². The highest BCUT2D eigenvalue weighted by Crippen LogP contribution is 2.36. The van der Waals surface area contributed by atoms with E-state index in [1.807, 2.05) is 70.2 Å². The van der Waals surface area contributed by atoms with Gasteiger partial charge < -0.3 is 30.7 Å². The highest BCUT2D eigenvalue weighted by atomic mass is 32.1. The maximum absolute atomic E-state index is 12.8.